The number of carbonyl (C=O) groups excluding carboxylic acids is 1. The molecule has 0 bridgehead atoms. The van der Waals surface area contributed by atoms with Crippen LogP contribution in [0.2, 0.25) is 0 Å². The lowest BCUT2D eigenvalue weighted by Crippen LogP contribution is -2.33. The molecule has 0 saturated heterocycles. The number of anilines is 1. The minimum atomic E-state index is -0.225. The van der Waals surface area contributed by atoms with Crippen molar-refractivity contribution in [2.75, 3.05) is 17.2 Å². The smallest absolute Gasteiger partial charge is 0.311 e. The number of carbonyl (C=O) groups is 1. The number of H-pyrrole nitrogens is 1. The molecule has 8 heteroatoms. The summed E-state index contributed by atoms with van der Waals surface area (Å²) in [6.07, 6.45) is 2.21. The quantitative estimate of drug-likeness (QED) is 0.775. The molecule has 0 unspecified atom stereocenters. The highest BCUT2D eigenvalue weighted by atomic mass is 32.2. The fourth-order valence-corrected chi connectivity index (χ4v) is 3.31. The van der Waals surface area contributed by atoms with E-state index in [1.54, 1.807) is 9.47 Å². The summed E-state index contributed by atoms with van der Waals surface area (Å²) in [6, 6.07) is 11.5. The van der Waals surface area contributed by atoms with Crippen molar-refractivity contribution in [1.29, 1.82) is 5.26 Å². The Bertz CT molecular complexity index is 804. The van der Waals surface area contributed by atoms with E-state index in [2.05, 4.69) is 16.3 Å². The molecular weight excluding hydrogens is 326 g/mol. The predicted molar refractivity (Wildman–Crippen MR) is 90.9 cm³/mol. The molecule has 124 valence electrons. The highest BCUT2D eigenvalue weighted by molar-refractivity contribution is 7.99. The molecule has 1 N–H and O–H groups in total. The Morgan fingerprint density at radius 3 is 2.83 bits per heavy atom. The van der Waals surface area contributed by atoms with Gasteiger partial charge in [0, 0.05) is 18.3 Å². The third-order valence-corrected chi connectivity index (χ3v) is 4.66. The fraction of sp³-hybridized carbons (Fsp3) is 0.375. The fourth-order valence-electron chi connectivity index (χ4n) is 2.42. The second-order valence-electron chi connectivity index (χ2n) is 5.49. The molecule has 0 aliphatic heterocycles. The molecule has 1 aromatic carbocycles. The van der Waals surface area contributed by atoms with Crippen molar-refractivity contribution in [2.45, 2.75) is 30.5 Å². The molecule has 0 atom stereocenters. The van der Waals surface area contributed by atoms with Crippen LogP contribution in [0.5, 0.6) is 0 Å². The predicted octanol–water partition coefficient (Wildman–Crippen LogP) is 1.95. The largest absolute Gasteiger partial charge is 0.344 e. The second-order valence-corrected chi connectivity index (χ2v) is 6.43. The Hall–Kier alpha value is -2.53. The lowest BCUT2D eigenvalue weighted by Gasteiger charge is -2.21. The van der Waals surface area contributed by atoms with Crippen LogP contribution in [-0.2, 0) is 4.79 Å². The van der Waals surface area contributed by atoms with Gasteiger partial charge in [-0.3, -0.25) is 9.36 Å². The van der Waals surface area contributed by atoms with Gasteiger partial charge < -0.3 is 4.90 Å². The third-order valence-electron chi connectivity index (χ3n) is 3.72. The molecule has 1 aromatic heterocycles. The first-order valence-corrected chi connectivity index (χ1v) is 8.71. The summed E-state index contributed by atoms with van der Waals surface area (Å²) < 4.78 is 1.63. The van der Waals surface area contributed by atoms with E-state index in [1.807, 2.05) is 30.3 Å². The van der Waals surface area contributed by atoms with Crippen LogP contribution in [0.25, 0.3) is 0 Å². The minimum absolute atomic E-state index is 0.112. The van der Waals surface area contributed by atoms with E-state index in [-0.39, 0.29) is 29.8 Å². The van der Waals surface area contributed by atoms with Crippen LogP contribution in [0.3, 0.4) is 0 Å². The number of thioether (sulfide) groups is 1. The summed E-state index contributed by atoms with van der Waals surface area (Å²) in [7, 11) is 0. The van der Waals surface area contributed by atoms with Crippen molar-refractivity contribution in [3.63, 3.8) is 0 Å². The maximum atomic E-state index is 12.6. The molecule has 0 radical (unpaired) electrons. The van der Waals surface area contributed by atoms with Gasteiger partial charge in [-0.15, -0.1) is 5.10 Å². The van der Waals surface area contributed by atoms with Crippen molar-refractivity contribution in [3.8, 4) is 6.07 Å². The Morgan fingerprint density at radius 2 is 2.17 bits per heavy atom. The third kappa shape index (κ3) is 3.68. The summed E-state index contributed by atoms with van der Waals surface area (Å²) in [4.78, 5) is 26.0. The van der Waals surface area contributed by atoms with Crippen LogP contribution in [0, 0.1) is 11.3 Å². The number of nitriles is 1. The van der Waals surface area contributed by atoms with Gasteiger partial charge in [-0.2, -0.15) is 5.26 Å². The van der Waals surface area contributed by atoms with Gasteiger partial charge in [0.1, 0.15) is 0 Å². The molecule has 0 spiro atoms. The molecule has 1 aliphatic carbocycles. The maximum absolute atomic E-state index is 12.6. The zero-order valence-electron chi connectivity index (χ0n) is 13.0. The van der Waals surface area contributed by atoms with Gasteiger partial charge in [-0.1, -0.05) is 30.0 Å². The first kappa shape index (κ1) is 16.3. The van der Waals surface area contributed by atoms with E-state index in [0.29, 0.717) is 11.7 Å². The van der Waals surface area contributed by atoms with Crippen LogP contribution in [0.4, 0.5) is 5.69 Å². The summed E-state index contributed by atoms with van der Waals surface area (Å²) >= 11 is 1.25. The number of para-hydroxylation sites is 1. The van der Waals surface area contributed by atoms with Crippen molar-refractivity contribution in [2.24, 2.45) is 0 Å². The van der Waals surface area contributed by atoms with E-state index < -0.39 is 0 Å². The van der Waals surface area contributed by atoms with Gasteiger partial charge >= 0.3 is 5.69 Å². The average molecular weight is 343 g/mol. The summed E-state index contributed by atoms with van der Waals surface area (Å²) in [5.41, 5.74) is 0.539. The van der Waals surface area contributed by atoms with Crippen LogP contribution in [0.1, 0.15) is 25.3 Å². The standard InChI is InChI=1S/C16H17N5O2S/c17-9-4-10-20(12-5-2-1-3-6-12)14(22)11-24-16-19-18-15(23)21(16)13-7-8-13/h1-3,5-6,13H,4,7-8,10-11H2,(H,18,23). The van der Waals surface area contributed by atoms with Gasteiger partial charge in [0.05, 0.1) is 18.2 Å². The Morgan fingerprint density at radius 1 is 1.42 bits per heavy atom. The van der Waals surface area contributed by atoms with E-state index in [9.17, 15) is 9.59 Å². The number of benzene rings is 1. The molecule has 3 rings (SSSR count). The Kier molecular flexibility index (Phi) is 5.01. The topological polar surface area (TPSA) is 94.8 Å². The molecule has 1 aliphatic rings. The number of hydrogen-bond acceptors (Lipinski definition) is 5. The number of hydrogen-bond donors (Lipinski definition) is 1. The Balaban J connectivity index is 1.70. The lowest BCUT2D eigenvalue weighted by atomic mass is 10.2. The van der Waals surface area contributed by atoms with E-state index in [1.165, 1.54) is 11.8 Å². The van der Waals surface area contributed by atoms with Gasteiger partial charge in [0.15, 0.2) is 5.16 Å². The van der Waals surface area contributed by atoms with Crippen molar-refractivity contribution < 1.29 is 4.79 Å². The van der Waals surface area contributed by atoms with E-state index in [0.717, 1.165) is 18.5 Å². The van der Waals surface area contributed by atoms with Crippen LogP contribution in [-0.4, -0.2) is 33.0 Å². The summed E-state index contributed by atoms with van der Waals surface area (Å²) in [6.45, 7) is 0.343. The molecular formula is C16H17N5O2S. The maximum Gasteiger partial charge on any atom is 0.344 e. The zero-order chi connectivity index (χ0) is 16.9. The van der Waals surface area contributed by atoms with E-state index in [4.69, 9.17) is 5.26 Å². The number of aromatic amines is 1. The molecule has 7 nitrogen and oxygen atoms in total. The van der Waals surface area contributed by atoms with Crippen molar-refractivity contribution >= 4 is 23.4 Å². The molecule has 2 aromatic rings. The zero-order valence-corrected chi connectivity index (χ0v) is 13.8. The monoisotopic (exact) mass is 343 g/mol. The number of rotatable bonds is 7. The first-order valence-electron chi connectivity index (χ1n) is 7.73. The molecule has 1 amide bonds. The number of nitrogens with zero attached hydrogens (tertiary/aromatic N) is 4. The summed E-state index contributed by atoms with van der Waals surface area (Å²) in [5.74, 6) is 0.0522. The first-order chi connectivity index (χ1) is 11.7. The van der Waals surface area contributed by atoms with Crippen molar-refractivity contribution in [3.05, 3.63) is 40.8 Å². The number of nitrogens with one attached hydrogen (secondary N) is 1. The van der Waals surface area contributed by atoms with E-state index >= 15 is 0 Å². The number of aromatic nitrogens is 3. The normalized spacial score (nSPS) is 13.5. The summed E-state index contributed by atoms with van der Waals surface area (Å²) in [5, 5.41) is 15.8. The van der Waals surface area contributed by atoms with Gasteiger partial charge in [0.25, 0.3) is 0 Å². The Labute approximate surface area is 143 Å². The van der Waals surface area contributed by atoms with Crippen LogP contribution >= 0.6 is 11.8 Å². The average Bonchev–Trinajstić information content (AvgIpc) is 3.37. The molecule has 1 heterocycles. The van der Waals surface area contributed by atoms with Gasteiger partial charge in [0.2, 0.25) is 5.91 Å². The number of amides is 1. The highest BCUT2D eigenvalue weighted by Crippen LogP contribution is 2.36. The highest BCUT2D eigenvalue weighted by Gasteiger charge is 2.29. The minimum Gasteiger partial charge on any atom is -0.311 e. The SMILES string of the molecule is N#CCCN(C(=O)CSc1n[nH]c(=O)n1C1CC1)c1ccccc1. The van der Waals surface area contributed by atoms with Gasteiger partial charge in [-0.05, 0) is 25.0 Å². The second kappa shape index (κ2) is 7.36. The van der Waals surface area contributed by atoms with Crippen molar-refractivity contribution in [1.82, 2.24) is 14.8 Å². The molecule has 24 heavy (non-hydrogen) atoms. The lowest BCUT2D eigenvalue weighted by molar-refractivity contribution is -0.116. The van der Waals surface area contributed by atoms with Crippen LogP contribution < -0.4 is 10.6 Å². The van der Waals surface area contributed by atoms with Gasteiger partial charge in [-0.25, -0.2) is 9.89 Å². The molecule has 1 saturated carbocycles. The molecule has 1 fully saturated rings. The van der Waals surface area contributed by atoms with Crippen LogP contribution in [0.15, 0.2) is 40.3 Å².